The van der Waals surface area contributed by atoms with Gasteiger partial charge in [0.1, 0.15) is 17.7 Å². The summed E-state index contributed by atoms with van der Waals surface area (Å²) in [6, 6.07) is 12.2. The third kappa shape index (κ3) is 6.44. The van der Waals surface area contributed by atoms with Crippen LogP contribution in [0.15, 0.2) is 42.5 Å². The lowest BCUT2D eigenvalue weighted by Gasteiger charge is -2.35. The molecular weight excluding hydrogens is 530 g/mol. The minimum absolute atomic E-state index is 0.112. The van der Waals surface area contributed by atoms with Crippen LogP contribution in [0.4, 0.5) is 4.79 Å². The lowest BCUT2D eigenvalue weighted by Crippen LogP contribution is -2.57. The van der Waals surface area contributed by atoms with Crippen molar-refractivity contribution in [1.29, 1.82) is 0 Å². The molecule has 0 spiro atoms. The Morgan fingerprint density at radius 3 is 2.45 bits per heavy atom. The number of nitrogens with zero attached hydrogens (tertiary/aromatic N) is 1. The number of nitrogens with one attached hydrogen (secondary N) is 1. The highest BCUT2D eigenvalue weighted by Gasteiger charge is 2.52. The van der Waals surface area contributed by atoms with E-state index in [-0.39, 0.29) is 19.6 Å². The van der Waals surface area contributed by atoms with Gasteiger partial charge in [-0.1, -0.05) is 75.5 Å². The van der Waals surface area contributed by atoms with E-state index in [0.29, 0.717) is 5.02 Å². The molecule has 0 radical (unpaired) electrons. The molecule has 1 fully saturated rings. The summed E-state index contributed by atoms with van der Waals surface area (Å²) in [6.45, 7) is 5.94. The second-order valence-corrected chi connectivity index (χ2v) is 12.3. The van der Waals surface area contributed by atoms with Crippen molar-refractivity contribution >= 4 is 29.5 Å². The fourth-order valence-electron chi connectivity index (χ4n) is 5.73. The van der Waals surface area contributed by atoms with E-state index in [1.807, 2.05) is 57.2 Å². The monoisotopic (exact) mass is 569 g/mol. The number of carbonyl (C=O) groups is 3. The number of hydrogen-bond donors (Lipinski definition) is 2. The van der Waals surface area contributed by atoms with Gasteiger partial charge in [0.05, 0.1) is 13.2 Å². The topological polar surface area (TPSA) is 111 Å². The molecule has 3 N–H and O–H groups in total. The van der Waals surface area contributed by atoms with Crippen molar-refractivity contribution < 1.29 is 23.9 Å². The molecule has 2 aromatic carbocycles. The average molecular weight is 570 g/mol. The number of fused-ring (bicyclic) bond motifs is 12. The van der Waals surface area contributed by atoms with E-state index < -0.39 is 41.0 Å². The number of methoxy groups -OCH3 is 1. The second kappa shape index (κ2) is 12.2. The molecule has 3 aliphatic rings. The van der Waals surface area contributed by atoms with Crippen molar-refractivity contribution in [1.82, 2.24) is 10.2 Å². The summed E-state index contributed by atoms with van der Waals surface area (Å²) in [5, 5.41) is 3.43. The molecule has 0 unspecified atom stereocenters. The van der Waals surface area contributed by atoms with Crippen LogP contribution < -0.4 is 11.1 Å². The second-order valence-electron chi connectivity index (χ2n) is 11.9. The van der Waals surface area contributed by atoms with Crippen molar-refractivity contribution in [2.45, 2.75) is 77.0 Å². The molecule has 9 heteroatoms. The molecule has 0 aromatic heterocycles. The molecule has 3 heterocycles. The van der Waals surface area contributed by atoms with E-state index in [0.717, 1.165) is 48.8 Å². The van der Waals surface area contributed by atoms with Crippen molar-refractivity contribution in [2.24, 2.45) is 11.1 Å². The lowest BCUT2D eigenvalue weighted by atomic mass is 9.85. The number of hydrogen-bond acceptors (Lipinski definition) is 5. The molecule has 3 atom stereocenters. The van der Waals surface area contributed by atoms with Crippen LogP contribution in [0.3, 0.4) is 0 Å². The zero-order chi connectivity index (χ0) is 29.1. The maximum atomic E-state index is 13.9. The van der Waals surface area contributed by atoms with Crippen LogP contribution in [0, 0.1) is 5.41 Å². The summed E-state index contributed by atoms with van der Waals surface area (Å²) >= 11 is 6.38. The Balaban J connectivity index is 1.76. The van der Waals surface area contributed by atoms with Crippen LogP contribution in [0.5, 0.6) is 0 Å². The van der Waals surface area contributed by atoms with E-state index in [1.54, 1.807) is 7.11 Å². The third-order valence-corrected chi connectivity index (χ3v) is 8.31. The molecule has 216 valence electrons. The van der Waals surface area contributed by atoms with Crippen molar-refractivity contribution in [2.75, 3.05) is 20.3 Å². The molecule has 3 aliphatic heterocycles. The van der Waals surface area contributed by atoms with Gasteiger partial charge in [-0.2, -0.15) is 0 Å². The molecule has 40 heavy (non-hydrogen) atoms. The number of halogens is 1. The smallest absolute Gasteiger partial charge is 0.407 e. The standard InChI is InChI=1S/C31H40ClN3O5/c1-30(2,3)26-28(37)35-19-31(39-4,18-25(35)27(33)36)22-13-10-21(11-14-22)24-17-23(32)15-12-20(24)9-7-5-6-8-16-40-29(38)34-26/h10-15,17,25-26H,5-9,16,18-19H2,1-4H3,(H2,33,36)(H,34,38)/t25-,26+,31-/m0/s1. The molecular formula is C31H40ClN3O5. The zero-order valence-corrected chi connectivity index (χ0v) is 24.6. The largest absolute Gasteiger partial charge is 0.450 e. The van der Waals surface area contributed by atoms with Crippen LogP contribution in [0.1, 0.15) is 64.0 Å². The minimum atomic E-state index is -0.950. The van der Waals surface area contributed by atoms with Gasteiger partial charge in [-0.15, -0.1) is 0 Å². The number of rotatable bonds is 2. The van der Waals surface area contributed by atoms with E-state index >= 15 is 0 Å². The molecule has 3 amide bonds. The predicted molar refractivity (Wildman–Crippen MR) is 155 cm³/mol. The summed E-state index contributed by atoms with van der Waals surface area (Å²) in [5.74, 6) is -1.03. The zero-order valence-electron chi connectivity index (χ0n) is 23.8. The molecule has 2 aromatic rings. The summed E-state index contributed by atoms with van der Waals surface area (Å²) in [7, 11) is 1.57. The van der Waals surface area contributed by atoms with Crippen LogP contribution in [-0.4, -0.2) is 55.2 Å². The van der Waals surface area contributed by atoms with Gasteiger partial charge in [0.2, 0.25) is 11.8 Å². The van der Waals surface area contributed by atoms with Crippen LogP contribution >= 0.6 is 11.6 Å². The molecule has 0 aliphatic carbocycles. The Kier molecular flexibility index (Phi) is 9.10. The maximum absolute atomic E-state index is 13.9. The quantitative estimate of drug-likeness (QED) is 0.517. The maximum Gasteiger partial charge on any atom is 0.407 e. The third-order valence-electron chi connectivity index (χ3n) is 8.07. The Morgan fingerprint density at radius 2 is 1.80 bits per heavy atom. The van der Waals surface area contributed by atoms with Crippen molar-refractivity contribution in [3.8, 4) is 11.1 Å². The van der Waals surface area contributed by atoms with Gasteiger partial charge >= 0.3 is 6.09 Å². The molecule has 1 saturated heterocycles. The number of benzene rings is 2. The highest BCUT2D eigenvalue weighted by atomic mass is 35.5. The summed E-state index contributed by atoms with van der Waals surface area (Å²) in [4.78, 5) is 40.7. The van der Waals surface area contributed by atoms with Gasteiger partial charge in [-0.25, -0.2) is 4.79 Å². The van der Waals surface area contributed by atoms with E-state index in [4.69, 9.17) is 26.8 Å². The normalized spacial score (nSPS) is 24.7. The number of amides is 3. The fraction of sp³-hybridized carbons (Fsp3) is 0.516. The average Bonchev–Trinajstić information content (AvgIpc) is 3.32. The van der Waals surface area contributed by atoms with Gasteiger partial charge in [0.15, 0.2) is 0 Å². The van der Waals surface area contributed by atoms with Crippen LogP contribution in [0.25, 0.3) is 11.1 Å². The van der Waals surface area contributed by atoms with Crippen LogP contribution in [-0.2, 0) is 31.1 Å². The van der Waals surface area contributed by atoms with E-state index in [9.17, 15) is 14.4 Å². The first-order valence-corrected chi connectivity index (χ1v) is 14.3. The highest BCUT2D eigenvalue weighted by Crippen LogP contribution is 2.41. The van der Waals surface area contributed by atoms with Gasteiger partial charge in [-0.05, 0) is 59.1 Å². The number of ether oxygens (including phenoxy) is 2. The van der Waals surface area contributed by atoms with Crippen molar-refractivity contribution in [3.05, 3.63) is 58.6 Å². The van der Waals surface area contributed by atoms with Gasteiger partial charge in [0.25, 0.3) is 0 Å². The molecule has 8 nitrogen and oxygen atoms in total. The summed E-state index contributed by atoms with van der Waals surface area (Å²) in [5.41, 5.74) is 8.36. The van der Waals surface area contributed by atoms with Gasteiger partial charge < -0.3 is 25.4 Å². The summed E-state index contributed by atoms with van der Waals surface area (Å²) in [6.07, 6.45) is 4.08. The lowest BCUT2D eigenvalue weighted by molar-refractivity contribution is -0.141. The number of carbonyl (C=O) groups excluding carboxylic acids is 3. The minimum Gasteiger partial charge on any atom is -0.450 e. The fourth-order valence-corrected chi connectivity index (χ4v) is 5.90. The number of alkyl carbamates (subject to hydrolysis) is 1. The first-order chi connectivity index (χ1) is 18.9. The Bertz CT molecular complexity index is 1240. The predicted octanol–water partition coefficient (Wildman–Crippen LogP) is 5.19. The van der Waals surface area contributed by atoms with Gasteiger partial charge in [-0.3, -0.25) is 9.59 Å². The number of aryl methyl sites for hydroxylation is 1. The number of primary amides is 1. The molecule has 4 bridgehead atoms. The molecule has 0 saturated carbocycles. The van der Waals surface area contributed by atoms with Gasteiger partial charge in [0, 0.05) is 18.6 Å². The highest BCUT2D eigenvalue weighted by molar-refractivity contribution is 6.30. The Hall–Kier alpha value is -3.10. The van der Waals surface area contributed by atoms with E-state index in [2.05, 4.69) is 11.4 Å². The van der Waals surface area contributed by atoms with E-state index in [1.165, 1.54) is 10.5 Å². The first-order valence-electron chi connectivity index (χ1n) is 13.9. The van der Waals surface area contributed by atoms with Crippen LogP contribution in [0.2, 0.25) is 5.02 Å². The first kappa shape index (κ1) is 29.9. The Labute approximate surface area is 241 Å². The Morgan fingerprint density at radius 1 is 1.10 bits per heavy atom. The summed E-state index contributed by atoms with van der Waals surface area (Å²) < 4.78 is 11.5. The SMILES string of the molecule is CO[C@@]12C[C@@H](C(N)=O)N(C1)C(=O)[C@H](C(C)(C)C)NC(=O)OCCCCCCc1ccc(Cl)cc1-c1ccc2cc1. The molecule has 5 rings (SSSR count). The van der Waals surface area contributed by atoms with Crippen molar-refractivity contribution in [3.63, 3.8) is 0 Å². The number of nitrogens with two attached hydrogens (primary N) is 1.